The number of halogens is 4. The van der Waals surface area contributed by atoms with Crippen LogP contribution in [0.25, 0.3) is 22.7 Å². The Balaban J connectivity index is 1.99. The molecule has 3 heterocycles. The van der Waals surface area contributed by atoms with Gasteiger partial charge in [0.1, 0.15) is 11.2 Å². The lowest BCUT2D eigenvalue weighted by Gasteiger charge is -2.12. The molecule has 0 aliphatic heterocycles. The van der Waals surface area contributed by atoms with E-state index < -0.39 is 21.6 Å². The average molecular weight is 489 g/mol. The normalized spacial score (nSPS) is 15.2. The second kappa shape index (κ2) is 6.76. The van der Waals surface area contributed by atoms with Crippen molar-refractivity contribution in [2.75, 3.05) is 5.75 Å². The number of pyridine rings is 2. The highest BCUT2D eigenvalue weighted by atomic mass is 79.9. The Morgan fingerprint density at radius 2 is 1.93 bits per heavy atom. The number of alkyl halides is 3. The molecule has 6 nitrogen and oxygen atoms in total. The molecule has 1 aliphatic carbocycles. The fourth-order valence-electron chi connectivity index (χ4n) is 3.21. The van der Waals surface area contributed by atoms with Gasteiger partial charge in [0.15, 0.2) is 21.3 Å². The third-order valence-corrected chi connectivity index (χ3v) is 7.07. The van der Waals surface area contributed by atoms with Crippen LogP contribution in [0.2, 0.25) is 0 Å². The molecular formula is C18H16BrF3N4O2S. The van der Waals surface area contributed by atoms with Crippen LogP contribution in [0.3, 0.4) is 0 Å². The molecule has 11 heteroatoms. The quantitative estimate of drug-likeness (QED) is 0.540. The number of fused-ring (bicyclic) bond motifs is 1. The standard InChI is InChI=1S/C18H16BrF3N4O2S/c1-3-29(27,28)13-6-10(19)8-23-15(13)17-24-12-7-11(18(20,21)22)14(9-4-5-9)25-16(12)26(17)2/h6-9H,3-5H2,1-2H3. The van der Waals surface area contributed by atoms with E-state index in [2.05, 4.69) is 30.9 Å². The van der Waals surface area contributed by atoms with E-state index in [9.17, 15) is 21.6 Å². The molecule has 0 aromatic carbocycles. The predicted octanol–water partition coefficient (Wildman–Crippen LogP) is 4.48. The van der Waals surface area contributed by atoms with Gasteiger partial charge in [0.25, 0.3) is 0 Å². The lowest BCUT2D eigenvalue weighted by molar-refractivity contribution is -0.138. The van der Waals surface area contributed by atoms with Crippen LogP contribution in [-0.4, -0.2) is 33.7 Å². The van der Waals surface area contributed by atoms with E-state index in [4.69, 9.17) is 0 Å². The van der Waals surface area contributed by atoms with E-state index in [1.165, 1.54) is 23.8 Å². The maximum absolute atomic E-state index is 13.5. The first-order chi connectivity index (χ1) is 13.5. The third kappa shape index (κ3) is 3.54. The number of sulfone groups is 1. The summed E-state index contributed by atoms with van der Waals surface area (Å²) in [4.78, 5) is 12.7. The van der Waals surface area contributed by atoms with Gasteiger partial charge >= 0.3 is 6.18 Å². The fourth-order valence-corrected chi connectivity index (χ4v) is 4.75. The van der Waals surface area contributed by atoms with Crippen LogP contribution in [-0.2, 0) is 23.1 Å². The van der Waals surface area contributed by atoms with Crippen LogP contribution in [0.1, 0.15) is 36.9 Å². The van der Waals surface area contributed by atoms with E-state index in [1.54, 1.807) is 7.05 Å². The molecule has 1 saturated carbocycles. The van der Waals surface area contributed by atoms with Gasteiger partial charge in [-0.3, -0.25) is 4.98 Å². The topological polar surface area (TPSA) is 77.7 Å². The van der Waals surface area contributed by atoms with Gasteiger partial charge in [-0.15, -0.1) is 0 Å². The van der Waals surface area contributed by atoms with Gasteiger partial charge in [-0.05, 0) is 40.9 Å². The minimum Gasteiger partial charge on any atom is -0.310 e. The van der Waals surface area contributed by atoms with Gasteiger partial charge in [-0.25, -0.2) is 18.4 Å². The molecule has 154 valence electrons. The zero-order valence-corrected chi connectivity index (χ0v) is 17.9. The summed E-state index contributed by atoms with van der Waals surface area (Å²) in [5.41, 5.74) is -0.382. The second-order valence-electron chi connectivity index (χ2n) is 6.93. The van der Waals surface area contributed by atoms with E-state index in [0.717, 1.165) is 6.07 Å². The van der Waals surface area contributed by atoms with Crippen LogP contribution in [0, 0.1) is 0 Å². The number of aromatic nitrogens is 4. The van der Waals surface area contributed by atoms with Gasteiger partial charge in [-0.1, -0.05) is 6.92 Å². The lowest BCUT2D eigenvalue weighted by atomic mass is 10.1. The molecule has 0 amide bonds. The molecular weight excluding hydrogens is 473 g/mol. The maximum Gasteiger partial charge on any atom is 0.418 e. The highest BCUT2D eigenvalue weighted by Crippen LogP contribution is 2.46. The SMILES string of the molecule is CCS(=O)(=O)c1cc(Br)cnc1-c1nc2cc(C(F)(F)F)c(C3CC3)nc2n1C. The van der Waals surface area contributed by atoms with Crippen molar-refractivity contribution < 1.29 is 21.6 Å². The number of aryl methyl sites for hydroxylation is 1. The lowest BCUT2D eigenvalue weighted by Crippen LogP contribution is -2.11. The van der Waals surface area contributed by atoms with Crippen LogP contribution < -0.4 is 0 Å². The molecule has 3 aromatic heterocycles. The summed E-state index contributed by atoms with van der Waals surface area (Å²) in [7, 11) is -2.05. The Morgan fingerprint density at radius 1 is 1.24 bits per heavy atom. The molecule has 29 heavy (non-hydrogen) atoms. The molecule has 0 bridgehead atoms. The molecule has 0 saturated heterocycles. The van der Waals surface area contributed by atoms with Crippen LogP contribution >= 0.6 is 15.9 Å². The first kappa shape index (κ1) is 20.3. The third-order valence-electron chi connectivity index (χ3n) is 4.89. The molecule has 0 spiro atoms. The number of hydrogen-bond acceptors (Lipinski definition) is 5. The van der Waals surface area contributed by atoms with Gasteiger partial charge in [-0.2, -0.15) is 13.2 Å². The van der Waals surface area contributed by atoms with Crippen molar-refractivity contribution in [2.45, 2.75) is 36.8 Å². The smallest absolute Gasteiger partial charge is 0.310 e. The summed E-state index contributed by atoms with van der Waals surface area (Å²) in [6, 6.07) is 2.41. The van der Waals surface area contributed by atoms with E-state index in [1.807, 2.05) is 0 Å². The zero-order valence-electron chi connectivity index (χ0n) is 15.5. The maximum atomic E-state index is 13.5. The minimum atomic E-state index is -4.54. The van der Waals surface area contributed by atoms with E-state index >= 15 is 0 Å². The van der Waals surface area contributed by atoms with Crippen molar-refractivity contribution in [1.82, 2.24) is 19.5 Å². The number of nitrogens with zero attached hydrogens (tertiary/aromatic N) is 4. The van der Waals surface area contributed by atoms with Crippen LogP contribution in [0.15, 0.2) is 27.7 Å². The Kier molecular flexibility index (Phi) is 4.73. The summed E-state index contributed by atoms with van der Waals surface area (Å²) in [6.07, 6.45) is -1.78. The summed E-state index contributed by atoms with van der Waals surface area (Å²) in [6.45, 7) is 1.51. The summed E-state index contributed by atoms with van der Waals surface area (Å²) >= 11 is 3.22. The monoisotopic (exact) mass is 488 g/mol. The van der Waals surface area contributed by atoms with E-state index in [-0.39, 0.29) is 44.9 Å². The van der Waals surface area contributed by atoms with Crippen molar-refractivity contribution in [3.8, 4) is 11.5 Å². The molecule has 4 rings (SSSR count). The van der Waals surface area contributed by atoms with Gasteiger partial charge in [0, 0.05) is 23.6 Å². The number of hydrogen-bond donors (Lipinski definition) is 0. The zero-order chi connectivity index (χ0) is 21.1. The summed E-state index contributed by atoms with van der Waals surface area (Å²) < 4.78 is 67.7. The summed E-state index contributed by atoms with van der Waals surface area (Å²) in [5, 5.41) is 0. The molecule has 0 unspecified atom stereocenters. The summed E-state index contributed by atoms with van der Waals surface area (Å²) in [5.74, 6) is -0.214. The number of rotatable bonds is 4. The Bertz CT molecular complexity index is 1230. The largest absolute Gasteiger partial charge is 0.418 e. The molecule has 3 aromatic rings. The van der Waals surface area contributed by atoms with Crippen molar-refractivity contribution in [3.05, 3.63) is 34.1 Å². The first-order valence-electron chi connectivity index (χ1n) is 8.86. The Hall–Kier alpha value is -2.01. The van der Waals surface area contributed by atoms with Crippen molar-refractivity contribution in [3.63, 3.8) is 0 Å². The van der Waals surface area contributed by atoms with Crippen LogP contribution in [0.5, 0.6) is 0 Å². The molecule has 0 radical (unpaired) electrons. The van der Waals surface area contributed by atoms with Crippen molar-refractivity contribution >= 4 is 36.9 Å². The molecule has 1 aliphatic rings. The predicted molar refractivity (Wildman–Crippen MR) is 104 cm³/mol. The number of imidazole rings is 1. The highest BCUT2D eigenvalue weighted by Gasteiger charge is 2.40. The van der Waals surface area contributed by atoms with Crippen molar-refractivity contribution in [1.29, 1.82) is 0 Å². The Morgan fingerprint density at radius 3 is 2.52 bits per heavy atom. The second-order valence-corrected chi connectivity index (χ2v) is 10.1. The average Bonchev–Trinajstić information content (AvgIpc) is 3.45. The first-order valence-corrected chi connectivity index (χ1v) is 11.3. The highest BCUT2D eigenvalue weighted by molar-refractivity contribution is 9.10. The fraction of sp³-hybridized carbons (Fsp3) is 0.389. The van der Waals surface area contributed by atoms with E-state index in [0.29, 0.717) is 17.3 Å². The van der Waals surface area contributed by atoms with Gasteiger partial charge in [0.2, 0.25) is 0 Å². The van der Waals surface area contributed by atoms with Crippen LogP contribution in [0.4, 0.5) is 13.2 Å². The Labute approximate surface area is 173 Å². The molecule has 0 N–H and O–H groups in total. The van der Waals surface area contributed by atoms with Crippen molar-refractivity contribution in [2.24, 2.45) is 7.05 Å². The molecule has 1 fully saturated rings. The minimum absolute atomic E-state index is 0.0183. The molecule has 0 atom stereocenters. The van der Waals surface area contributed by atoms with Gasteiger partial charge < -0.3 is 4.57 Å². The van der Waals surface area contributed by atoms with Gasteiger partial charge in [0.05, 0.1) is 21.9 Å².